The van der Waals surface area contributed by atoms with E-state index in [1.54, 1.807) is 24.3 Å². The second-order valence-electron chi connectivity index (χ2n) is 9.69. The zero-order valence-electron chi connectivity index (χ0n) is 22.1. The lowest BCUT2D eigenvalue weighted by Crippen LogP contribution is -2.23. The van der Waals surface area contributed by atoms with Gasteiger partial charge in [-0.05, 0) is 64.3 Å². The smallest absolute Gasteiger partial charge is 0.306 e. The number of nitrogen functional groups attached to an aromatic ring is 1. The maximum atomic E-state index is 11.9. The average molecular weight is 533 g/mol. The Balaban J connectivity index is 1.63. The number of unbranched alkanes of at least 4 members (excludes halogenated alkanes) is 1. The molecule has 38 heavy (non-hydrogen) atoms. The molecule has 198 valence electrons. The molecule has 2 heterocycles. The first-order chi connectivity index (χ1) is 18.0. The summed E-state index contributed by atoms with van der Waals surface area (Å²) >= 11 is 1.38. The molecular weight excluding hydrogens is 500 g/mol. The van der Waals surface area contributed by atoms with E-state index in [0.717, 1.165) is 30.7 Å². The number of nitrogens with zero attached hydrogens (tertiary/aromatic N) is 4. The van der Waals surface area contributed by atoms with Crippen LogP contribution in [0.2, 0.25) is 0 Å². The van der Waals surface area contributed by atoms with Gasteiger partial charge in [0.1, 0.15) is 23.1 Å². The summed E-state index contributed by atoms with van der Waals surface area (Å²) in [6.45, 7) is 7.03. The maximum absolute atomic E-state index is 11.9. The Hall–Kier alpha value is -3.97. The number of esters is 1. The Morgan fingerprint density at radius 3 is 2.42 bits per heavy atom. The van der Waals surface area contributed by atoms with Gasteiger partial charge in [-0.25, -0.2) is 9.97 Å². The van der Waals surface area contributed by atoms with Gasteiger partial charge in [0.25, 0.3) is 0 Å². The molecule has 0 fully saturated rings. The number of aromatic nitrogens is 3. The molecule has 10 heteroatoms. The Bertz CT molecular complexity index is 1330. The first-order valence-electron chi connectivity index (χ1n) is 12.3. The summed E-state index contributed by atoms with van der Waals surface area (Å²) < 4.78 is 5.35. The molecule has 0 aliphatic rings. The summed E-state index contributed by atoms with van der Waals surface area (Å²) in [4.78, 5) is 36.8. The van der Waals surface area contributed by atoms with Crippen molar-refractivity contribution >= 4 is 35.1 Å². The zero-order chi connectivity index (χ0) is 27.7. The Labute approximate surface area is 227 Å². The van der Waals surface area contributed by atoms with Crippen LogP contribution in [-0.2, 0) is 26.5 Å². The summed E-state index contributed by atoms with van der Waals surface area (Å²) in [6, 6.07) is 15.0. The molecule has 0 unspecified atom stereocenters. The molecule has 2 aromatic heterocycles. The summed E-state index contributed by atoms with van der Waals surface area (Å²) in [5.74, 6) is 0.287. The summed E-state index contributed by atoms with van der Waals surface area (Å²) in [5, 5.41) is 12.8. The third kappa shape index (κ3) is 8.85. The van der Waals surface area contributed by atoms with Gasteiger partial charge < -0.3 is 15.8 Å². The number of amides is 1. The van der Waals surface area contributed by atoms with E-state index in [2.05, 4.69) is 21.4 Å². The van der Waals surface area contributed by atoms with E-state index in [4.69, 9.17) is 15.5 Å². The maximum Gasteiger partial charge on any atom is 0.306 e. The van der Waals surface area contributed by atoms with E-state index < -0.39 is 5.60 Å². The number of nitrogens with two attached hydrogens (primary N) is 1. The number of thioether (sulfide) groups is 1. The zero-order valence-corrected chi connectivity index (χ0v) is 22.9. The number of aryl methyl sites for hydroxylation is 1. The SMILES string of the molecule is CC(=O)Nc1ccc(-c2nc(SCc3cccc(CCCCC(=O)OC(C)(C)C)n3)nc(N)c2C#N)cc1. The van der Waals surface area contributed by atoms with Gasteiger partial charge >= 0.3 is 5.97 Å². The molecule has 0 atom stereocenters. The van der Waals surface area contributed by atoms with E-state index in [-0.39, 0.29) is 23.3 Å². The first kappa shape index (κ1) is 28.6. The highest BCUT2D eigenvalue weighted by molar-refractivity contribution is 7.98. The van der Waals surface area contributed by atoms with Crippen molar-refractivity contribution in [3.63, 3.8) is 0 Å². The van der Waals surface area contributed by atoms with Gasteiger partial charge in [-0.2, -0.15) is 5.26 Å². The van der Waals surface area contributed by atoms with Crippen molar-refractivity contribution in [1.82, 2.24) is 15.0 Å². The van der Waals surface area contributed by atoms with Crippen molar-refractivity contribution in [2.24, 2.45) is 0 Å². The van der Waals surface area contributed by atoms with Gasteiger partial charge in [-0.3, -0.25) is 14.6 Å². The van der Waals surface area contributed by atoms with Crippen LogP contribution in [0.15, 0.2) is 47.6 Å². The lowest BCUT2D eigenvalue weighted by atomic mass is 10.1. The molecule has 1 amide bonds. The predicted molar refractivity (Wildman–Crippen MR) is 148 cm³/mol. The minimum atomic E-state index is -0.465. The number of nitriles is 1. The fraction of sp³-hybridized carbons (Fsp3) is 0.357. The number of carbonyl (C=O) groups excluding carboxylic acids is 2. The van der Waals surface area contributed by atoms with Gasteiger partial charge in [0.15, 0.2) is 5.16 Å². The third-order valence-corrected chi connectivity index (χ3v) is 6.09. The highest BCUT2D eigenvalue weighted by atomic mass is 32.2. The molecule has 0 bridgehead atoms. The number of carbonyl (C=O) groups is 2. The average Bonchev–Trinajstić information content (AvgIpc) is 2.84. The number of benzene rings is 1. The lowest BCUT2D eigenvalue weighted by Gasteiger charge is -2.19. The van der Waals surface area contributed by atoms with Crippen LogP contribution >= 0.6 is 11.8 Å². The van der Waals surface area contributed by atoms with Gasteiger partial charge in [0.2, 0.25) is 5.91 Å². The quantitative estimate of drug-likeness (QED) is 0.154. The molecule has 0 aliphatic heterocycles. The molecule has 9 nitrogen and oxygen atoms in total. The van der Waals surface area contributed by atoms with E-state index in [1.807, 2.05) is 39.0 Å². The molecule has 0 radical (unpaired) electrons. The lowest BCUT2D eigenvalue weighted by molar-refractivity contribution is -0.154. The number of hydrogen-bond acceptors (Lipinski definition) is 9. The minimum absolute atomic E-state index is 0.109. The van der Waals surface area contributed by atoms with Crippen LogP contribution in [0.4, 0.5) is 11.5 Å². The topological polar surface area (TPSA) is 144 Å². The van der Waals surface area contributed by atoms with Crippen LogP contribution in [0.3, 0.4) is 0 Å². The van der Waals surface area contributed by atoms with Crippen LogP contribution in [0.1, 0.15) is 63.9 Å². The van der Waals surface area contributed by atoms with Crippen molar-refractivity contribution in [2.45, 2.75) is 69.9 Å². The van der Waals surface area contributed by atoms with Crippen LogP contribution in [0, 0.1) is 11.3 Å². The van der Waals surface area contributed by atoms with Crippen molar-refractivity contribution in [3.05, 3.63) is 59.4 Å². The standard InChI is InChI=1S/C28H32N6O3S/c1-18(35)31-21-14-12-19(13-15-21)25-23(16-29)26(30)34-27(33-25)38-17-22-10-7-9-20(32-22)8-5-6-11-24(36)37-28(2,3)4/h7,9-10,12-15H,5-6,8,11,17H2,1-4H3,(H,31,35)(H2,30,33,34). The Morgan fingerprint density at radius 1 is 1.05 bits per heavy atom. The van der Waals surface area contributed by atoms with E-state index in [1.165, 1.54) is 18.7 Å². The number of anilines is 2. The molecule has 0 saturated heterocycles. The summed E-state index contributed by atoms with van der Waals surface area (Å²) in [7, 11) is 0. The number of rotatable bonds is 10. The monoisotopic (exact) mass is 532 g/mol. The normalized spacial score (nSPS) is 11.0. The minimum Gasteiger partial charge on any atom is -0.460 e. The highest BCUT2D eigenvalue weighted by Gasteiger charge is 2.16. The van der Waals surface area contributed by atoms with Crippen molar-refractivity contribution in [3.8, 4) is 17.3 Å². The molecule has 1 aromatic carbocycles. The Morgan fingerprint density at radius 2 is 1.76 bits per heavy atom. The summed E-state index contributed by atoms with van der Waals surface area (Å²) in [6.07, 6.45) is 2.73. The van der Waals surface area contributed by atoms with Crippen LogP contribution < -0.4 is 11.1 Å². The number of pyridine rings is 1. The van der Waals surface area contributed by atoms with Crippen molar-refractivity contribution in [1.29, 1.82) is 5.26 Å². The van der Waals surface area contributed by atoms with Crippen molar-refractivity contribution in [2.75, 3.05) is 11.1 Å². The second kappa shape index (κ2) is 13.0. The molecular formula is C28H32N6O3S. The second-order valence-corrected chi connectivity index (χ2v) is 10.6. The molecule has 3 rings (SSSR count). The molecule has 0 saturated carbocycles. The molecule has 3 aromatic rings. The van der Waals surface area contributed by atoms with Gasteiger partial charge in [0.05, 0.1) is 11.4 Å². The Kier molecular flexibility index (Phi) is 9.79. The van der Waals surface area contributed by atoms with Crippen molar-refractivity contribution < 1.29 is 14.3 Å². The molecule has 3 N–H and O–H groups in total. The highest BCUT2D eigenvalue weighted by Crippen LogP contribution is 2.29. The first-order valence-corrected chi connectivity index (χ1v) is 13.3. The number of ether oxygens (including phenoxy) is 1. The molecule has 0 spiro atoms. The predicted octanol–water partition coefficient (Wildman–Crippen LogP) is 5.30. The number of hydrogen-bond donors (Lipinski definition) is 2. The fourth-order valence-electron chi connectivity index (χ4n) is 3.61. The van der Waals surface area contributed by atoms with E-state index in [9.17, 15) is 14.9 Å². The third-order valence-electron chi connectivity index (χ3n) is 5.20. The van der Waals surface area contributed by atoms with Gasteiger partial charge in [-0.15, -0.1) is 0 Å². The fourth-order valence-corrected chi connectivity index (χ4v) is 4.37. The number of nitrogens with one attached hydrogen (secondary N) is 1. The molecule has 0 aliphatic carbocycles. The largest absolute Gasteiger partial charge is 0.460 e. The van der Waals surface area contributed by atoms with E-state index in [0.29, 0.717) is 34.3 Å². The van der Waals surface area contributed by atoms with E-state index >= 15 is 0 Å². The summed E-state index contributed by atoms with van der Waals surface area (Å²) in [5.41, 5.74) is 9.42. The van der Waals surface area contributed by atoms with Crippen LogP contribution in [0.25, 0.3) is 11.3 Å². The van der Waals surface area contributed by atoms with Gasteiger partial charge in [-0.1, -0.05) is 30.0 Å². The van der Waals surface area contributed by atoms with Crippen LogP contribution in [0.5, 0.6) is 0 Å². The van der Waals surface area contributed by atoms with Crippen LogP contribution in [-0.4, -0.2) is 32.4 Å². The van der Waals surface area contributed by atoms with Gasteiger partial charge in [0, 0.05) is 36.0 Å².